The van der Waals surface area contributed by atoms with E-state index in [0.717, 1.165) is 43.5 Å². The Hall–Kier alpha value is -0.770. The number of rotatable bonds is 4. The lowest BCUT2D eigenvalue weighted by Gasteiger charge is -2.32. The molecule has 1 N–H and O–H groups in total. The summed E-state index contributed by atoms with van der Waals surface area (Å²) in [5.41, 5.74) is 1.05. The number of morpholine rings is 1. The van der Waals surface area contributed by atoms with Crippen molar-refractivity contribution >= 4 is 17.3 Å². The van der Waals surface area contributed by atoms with E-state index >= 15 is 0 Å². The van der Waals surface area contributed by atoms with Gasteiger partial charge in [0.1, 0.15) is 0 Å². The normalized spacial score (nSPS) is 21.4. The summed E-state index contributed by atoms with van der Waals surface area (Å²) in [6.07, 6.45) is 0.266. The third kappa shape index (κ3) is 3.87. The molecule has 1 heterocycles. The van der Waals surface area contributed by atoms with Crippen LogP contribution in [0.15, 0.2) is 24.3 Å². The summed E-state index contributed by atoms with van der Waals surface area (Å²) in [6.45, 7) is 6.99. The van der Waals surface area contributed by atoms with Crippen molar-refractivity contribution in [1.82, 2.24) is 4.90 Å². The first-order chi connectivity index (χ1) is 8.28. The highest BCUT2D eigenvalue weighted by molar-refractivity contribution is 6.30. The van der Waals surface area contributed by atoms with Gasteiger partial charge in [-0.25, -0.2) is 0 Å². The van der Waals surface area contributed by atoms with Crippen LogP contribution in [0.2, 0.25) is 5.02 Å². The standard InChI is InChI=1S/C13H19ClN2O/c1-2-16-6-7-17-13(10-16)9-15-12-5-3-4-11(14)8-12/h3-5,8,13,15H,2,6-7,9-10H2,1H3. The number of nitrogens with one attached hydrogen (secondary N) is 1. The van der Waals surface area contributed by atoms with Crippen LogP contribution < -0.4 is 5.32 Å². The molecule has 1 atom stereocenters. The fourth-order valence-electron chi connectivity index (χ4n) is 2.02. The minimum atomic E-state index is 0.266. The molecule has 94 valence electrons. The summed E-state index contributed by atoms with van der Waals surface area (Å²) in [5, 5.41) is 4.12. The summed E-state index contributed by atoms with van der Waals surface area (Å²) in [7, 11) is 0. The zero-order valence-corrected chi connectivity index (χ0v) is 10.9. The fraction of sp³-hybridized carbons (Fsp3) is 0.538. The van der Waals surface area contributed by atoms with E-state index in [2.05, 4.69) is 17.1 Å². The summed E-state index contributed by atoms with van der Waals surface area (Å²) in [6, 6.07) is 7.78. The number of ether oxygens (including phenoxy) is 1. The zero-order valence-electron chi connectivity index (χ0n) is 10.2. The highest BCUT2D eigenvalue weighted by Gasteiger charge is 2.18. The molecule has 1 aromatic carbocycles. The summed E-state index contributed by atoms with van der Waals surface area (Å²) in [4.78, 5) is 2.41. The number of hydrogen-bond donors (Lipinski definition) is 1. The molecule has 0 spiro atoms. The Bertz CT molecular complexity index is 359. The predicted octanol–water partition coefficient (Wildman–Crippen LogP) is 2.47. The van der Waals surface area contributed by atoms with E-state index in [4.69, 9.17) is 16.3 Å². The zero-order chi connectivity index (χ0) is 12.1. The Morgan fingerprint density at radius 3 is 3.18 bits per heavy atom. The monoisotopic (exact) mass is 254 g/mol. The SMILES string of the molecule is CCN1CCOC(CNc2cccc(Cl)c2)C1. The average Bonchev–Trinajstić information content (AvgIpc) is 2.37. The molecule has 17 heavy (non-hydrogen) atoms. The van der Waals surface area contributed by atoms with E-state index in [1.54, 1.807) is 0 Å². The molecular weight excluding hydrogens is 236 g/mol. The van der Waals surface area contributed by atoms with E-state index in [-0.39, 0.29) is 6.10 Å². The lowest BCUT2D eigenvalue weighted by Crippen LogP contribution is -2.45. The molecular formula is C13H19ClN2O. The van der Waals surface area contributed by atoms with Crippen LogP contribution in [0.25, 0.3) is 0 Å². The van der Waals surface area contributed by atoms with Crippen LogP contribution in [0.3, 0.4) is 0 Å². The molecule has 0 aliphatic carbocycles. The molecule has 0 radical (unpaired) electrons. The number of halogens is 1. The van der Waals surface area contributed by atoms with Crippen LogP contribution in [-0.4, -0.2) is 43.8 Å². The molecule has 2 rings (SSSR count). The van der Waals surface area contributed by atoms with Crippen molar-refractivity contribution in [3.05, 3.63) is 29.3 Å². The maximum Gasteiger partial charge on any atom is 0.0874 e. The van der Waals surface area contributed by atoms with Crippen LogP contribution in [0.1, 0.15) is 6.92 Å². The van der Waals surface area contributed by atoms with Crippen molar-refractivity contribution in [3.8, 4) is 0 Å². The highest BCUT2D eigenvalue weighted by atomic mass is 35.5. The molecule has 1 aliphatic heterocycles. The molecule has 1 fully saturated rings. The smallest absolute Gasteiger partial charge is 0.0874 e. The van der Waals surface area contributed by atoms with Gasteiger partial charge in [-0.2, -0.15) is 0 Å². The van der Waals surface area contributed by atoms with Gasteiger partial charge >= 0.3 is 0 Å². The molecule has 0 bridgehead atoms. The van der Waals surface area contributed by atoms with Crippen molar-refractivity contribution < 1.29 is 4.74 Å². The van der Waals surface area contributed by atoms with Gasteiger partial charge in [-0.05, 0) is 24.7 Å². The molecule has 4 heteroatoms. The van der Waals surface area contributed by atoms with Gasteiger partial charge in [0.25, 0.3) is 0 Å². The predicted molar refractivity (Wildman–Crippen MR) is 71.8 cm³/mol. The summed E-state index contributed by atoms with van der Waals surface area (Å²) < 4.78 is 5.72. The van der Waals surface area contributed by atoms with Crippen LogP contribution in [0.4, 0.5) is 5.69 Å². The van der Waals surface area contributed by atoms with Gasteiger partial charge in [-0.3, -0.25) is 4.90 Å². The second-order valence-corrected chi connectivity index (χ2v) is 4.71. The first-order valence-corrected chi connectivity index (χ1v) is 6.49. The van der Waals surface area contributed by atoms with Gasteiger partial charge in [0.05, 0.1) is 12.7 Å². The Kier molecular flexibility index (Phi) is 4.66. The summed E-state index contributed by atoms with van der Waals surface area (Å²) in [5.74, 6) is 0. The van der Waals surface area contributed by atoms with Crippen LogP contribution >= 0.6 is 11.6 Å². The Morgan fingerprint density at radius 2 is 2.41 bits per heavy atom. The Balaban J connectivity index is 1.81. The number of anilines is 1. The molecule has 0 aromatic heterocycles. The van der Waals surface area contributed by atoms with Crippen LogP contribution in [0, 0.1) is 0 Å². The summed E-state index contributed by atoms with van der Waals surface area (Å²) >= 11 is 5.93. The largest absolute Gasteiger partial charge is 0.382 e. The first kappa shape index (κ1) is 12.7. The molecule has 1 saturated heterocycles. The highest BCUT2D eigenvalue weighted by Crippen LogP contribution is 2.15. The number of likely N-dealkylation sites (N-methyl/N-ethyl adjacent to an activating group) is 1. The topological polar surface area (TPSA) is 24.5 Å². The van der Waals surface area contributed by atoms with Gasteiger partial charge in [0, 0.05) is 30.3 Å². The quantitative estimate of drug-likeness (QED) is 0.894. The second kappa shape index (κ2) is 6.24. The Labute approximate surface area is 108 Å². The second-order valence-electron chi connectivity index (χ2n) is 4.28. The molecule has 0 saturated carbocycles. The van der Waals surface area contributed by atoms with Gasteiger partial charge in [-0.15, -0.1) is 0 Å². The number of benzene rings is 1. The lowest BCUT2D eigenvalue weighted by atomic mass is 10.2. The molecule has 1 aromatic rings. The Morgan fingerprint density at radius 1 is 1.53 bits per heavy atom. The molecule has 3 nitrogen and oxygen atoms in total. The van der Waals surface area contributed by atoms with Crippen LogP contribution in [-0.2, 0) is 4.74 Å². The maximum atomic E-state index is 5.93. The van der Waals surface area contributed by atoms with Crippen molar-refractivity contribution in [2.45, 2.75) is 13.0 Å². The lowest BCUT2D eigenvalue weighted by molar-refractivity contribution is -0.0191. The first-order valence-electron chi connectivity index (χ1n) is 6.11. The fourth-order valence-corrected chi connectivity index (χ4v) is 2.21. The minimum Gasteiger partial charge on any atom is -0.382 e. The van der Waals surface area contributed by atoms with Gasteiger partial charge in [-0.1, -0.05) is 24.6 Å². The van der Waals surface area contributed by atoms with Gasteiger partial charge in [0.15, 0.2) is 0 Å². The average molecular weight is 255 g/mol. The van der Waals surface area contributed by atoms with Crippen molar-refractivity contribution in [2.75, 3.05) is 38.1 Å². The van der Waals surface area contributed by atoms with Crippen LogP contribution in [0.5, 0.6) is 0 Å². The molecule has 1 unspecified atom stereocenters. The van der Waals surface area contributed by atoms with Crippen molar-refractivity contribution in [1.29, 1.82) is 0 Å². The van der Waals surface area contributed by atoms with Gasteiger partial charge < -0.3 is 10.1 Å². The number of nitrogens with zero attached hydrogens (tertiary/aromatic N) is 1. The number of hydrogen-bond acceptors (Lipinski definition) is 3. The van der Waals surface area contributed by atoms with E-state index < -0.39 is 0 Å². The minimum absolute atomic E-state index is 0.266. The van der Waals surface area contributed by atoms with E-state index in [9.17, 15) is 0 Å². The van der Waals surface area contributed by atoms with E-state index in [1.807, 2.05) is 24.3 Å². The van der Waals surface area contributed by atoms with E-state index in [0.29, 0.717) is 0 Å². The van der Waals surface area contributed by atoms with Crippen molar-refractivity contribution in [2.24, 2.45) is 0 Å². The maximum absolute atomic E-state index is 5.93. The van der Waals surface area contributed by atoms with E-state index in [1.165, 1.54) is 0 Å². The van der Waals surface area contributed by atoms with Crippen molar-refractivity contribution in [3.63, 3.8) is 0 Å². The third-order valence-corrected chi connectivity index (χ3v) is 3.26. The van der Waals surface area contributed by atoms with Gasteiger partial charge in [0.2, 0.25) is 0 Å². The molecule has 0 amide bonds. The molecule has 1 aliphatic rings. The third-order valence-electron chi connectivity index (χ3n) is 3.03.